The number of ether oxygens (including phenoxy) is 2. The summed E-state index contributed by atoms with van der Waals surface area (Å²) < 4.78 is 17.2. The zero-order valence-electron chi connectivity index (χ0n) is 14.9. The van der Waals surface area contributed by atoms with E-state index in [4.69, 9.17) is 13.9 Å². The Kier molecular flexibility index (Phi) is 5.07. The Morgan fingerprint density at radius 3 is 2.46 bits per heavy atom. The highest BCUT2D eigenvalue weighted by Crippen LogP contribution is 2.32. The van der Waals surface area contributed by atoms with E-state index < -0.39 is 5.79 Å². The van der Waals surface area contributed by atoms with Gasteiger partial charge >= 0.3 is 0 Å². The Bertz CT molecular complexity index is 754. The summed E-state index contributed by atoms with van der Waals surface area (Å²) in [5.74, 6) is 1.42. The predicted molar refractivity (Wildman–Crippen MR) is 99.2 cm³/mol. The summed E-state index contributed by atoms with van der Waals surface area (Å²) in [7, 11) is 0. The lowest BCUT2D eigenvalue weighted by Crippen LogP contribution is -2.47. The molecule has 3 heterocycles. The van der Waals surface area contributed by atoms with Crippen LogP contribution in [0.2, 0.25) is 0 Å². The number of hydrogen-bond acceptors (Lipinski definition) is 5. The van der Waals surface area contributed by atoms with E-state index in [1.165, 1.54) is 10.5 Å². The van der Waals surface area contributed by atoms with Crippen molar-refractivity contribution < 1.29 is 18.7 Å². The van der Waals surface area contributed by atoms with Gasteiger partial charge < -0.3 is 18.8 Å². The monoisotopic (exact) mass is 373 g/mol. The van der Waals surface area contributed by atoms with E-state index in [1.807, 2.05) is 11.0 Å². The molecular weight excluding hydrogens is 350 g/mol. The minimum absolute atomic E-state index is 0.0515. The van der Waals surface area contributed by atoms with Crippen LogP contribution in [0.4, 0.5) is 0 Å². The Labute approximate surface area is 157 Å². The molecule has 0 atom stereocenters. The number of hydrogen-bond donors (Lipinski definition) is 0. The third kappa shape index (κ3) is 3.82. The third-order valence-corrected chi connectivity index (χ3v) is 5.93. The molecule has 1 spiro atoms. The second-order valence-corrected chi connectivity index (χ2v) is 7.82. The number of benzene rings is 1. The summed E-state index contributed by atoms with van der Waals surface area (Å²) >= 11 is 1.70. The zero-order valence-corrected chi connectivity index (χ0v) is 15.7. The van der Waals surface area contributed by atoms with Crippen LogP contribution >= 0.6 is 11.8 Å². The van der Waals surface area contributed by atoms with Gasteiger partial charge in [0.15, 0.2) is 11.5 Å². The number of thioether (sulfide) groups is 1. The van der Waals surface area contributed by atoms with Gasteiger partial charge in [0.25, 0.3) is 5.91 Å². The molecule has 4 rings (SSSR count). The molecular formula is C20H23NO4S. The van der Waals surface area contributed by atoms with Crippen LogP contribution in [0.1, 0.15) is 34.7 Å². The van der Waals surface area contributed by atoms with E-state index in [2.05, 4.69) is 31.2 Å². The van der Waals surface area contributed by atoms with Gasteiger partial charge in [-0.05, 0) is 31.2 Å². The van der Waals surface area contributed by atoms with Crippen LogP contribution in [0.15, 0.2) is 45.7 Å². The molecule has 0 aliphatic carbocycles. The first-order chi connectivity index (χ1) is 12.6. The van der Waals surface area contributed by atoms with Crippen LogP contribution < -0.4 is 0 Å². The number of furan rings is 1. The number of carbonyl (C=O) groups is 1. The summed E-state index contributed by atoms with van der Waals surface area (Å²) in [5, 5.41) is 0. The molecule has 1 amide bonds. The van der Waals surface area contributed by atoms with Crippen molar-refractivity contribution in [1.29, 1.82) is 0 Å². The zero-order chi connectivity index (χ0) is 18.0. The Balaban J connectivity index is 1.32. The quantitative estimate of drug-likeness (QED) is 0.762. The first kappa shape index (κ1) is 17.6. The van der Waals surface area contributed by atoms with E-state index >= 15 is 0 Å². The molecule has 6 heteroatoms. The molecule has 5 nitrogen and oxygen atoms in total. The standard InChI is InChI=1S/C20H23NO4S/c1-15-2-5-17(6-3-15)26-14-16-4-7-18(25-16)19(22)21-10-8-20(9-11-21)23-12-13-24-20/h2-7H,8-14H2,1H3. The number of piperidine rings is 1. The predicted octanol–water partition coefficient (Wildman–Crippen LogP) is 3.86. The summed E-state index contributed by atoms with van der Waals surface area (Å²) in [6.07, 6.45) is 1.44. The fraction of sp³-hybridized carbons (Fsp3) is 0.450. The molecule has 2 aliphatic heterocycles. The van der Waals surface area contributed by atoms with E-state index in [9.17, 15) is 4.79 Å². The van der Waals surface area contributed by atoms with E-state index in [0.29, 0.717) is 37.8 Å². The molecule has 2 fully saturated rings. The minimum Gasteiger partial charge on any atom is -0.455 e. The van der Waals surface area contributed by atoms with Crippen molar-refractivity contribution in [3.8, 4) is 0 Å². The molecule has 0 N–H and O–H groups in total. The Hall–Kier alpha value is -1.76. The van der Waals surface area contributed by atoms with Crippen LogP contribution in [0.5, 0.6) is 0 Å². The van der Waals surface area contributed by atoms with Crippen molar-refractivity contribution in [2.75, 3.05) is 26.3 Å². The number of aryl methyl sites for hydroxylation is 1. The highest BCUT2D eigenvalue weighted by Gasteiger charge is 2.41. The Morgan fingerprint density at radius 1 is 1.08 bits per heavy atom. The summed E-state index contributed by atoms with van der Waals surface area (Å²) in [6.45, 7) is 4.63. The minimum atomic E-state index is -0.463. The van der Waals surface area contributed by atoms with E-state index in [0.717, 1.165) is 18.6 Å². The number of rotatable bonds is 4. The van der Waals surface area contributed by atoms with Gasteiger partial charge in [-0.2, -0.15) is 0 Å². The lowest BCUT2D eigenvalue weighted by molar-refractivity contribution is -0.181. The molecule has 138 valence electrons. The molecule has 2 aliphatic rings. The SMILES string of the molecule is Cc1ccc(SCc2ccc(C(=O)N3CCC4(CC3)OCCO4)o2)cc1. The first-order valence-corrected chi connectivity index (χ1v) is 9.98. The fourth-order valence-electron chi connectivity index (χ4n) is 3.35. The molecule has 0 saturated carbocycles. The second-order valence-electron chi connectivity index (χ2n) is 6.77. The normalized spacial score (nSPS) is 19.2. The maximum atomic E-state index is 12.7. The molecule has 2 saturated heterocycles. The van der Waals surface area contributed by atoms with Crippen LogP contribution in [-0.2, 0) is 15.2 Å². The topological polar surface area (TPSA) is 51.9 Å². The van der Waals surface area contributed by atoms with Gasteiger partial charge in [-0.15, -0.1) is 11.8 Å². The van der Waals surface area contributed by atoms with E-state index in [-0.39, 0.29) is 5.91 Å². The maximum Gasteiger partial charge on any atom is 0.289 e. The fourth-order valence-corrected chi connectivity index (χ4v) is 4.14. The molecule has 2 aromatic rings. The van der Waals surface area contributed by atoms with Crippen molar-refractivity contribution in [3.63, 3.8) is 0 Å². The number of nitrogens with zero attached hydrogens (tertiary/aromatic N) is 1. The van der Waals surface area contributed by atoms with Crippen molar-refractivity contribution in [2.24, 2.45) is 0 Å². The molecule has 0 bridgehead atoms. The molecule has 0 radical (unpaired) electrons. The van der Waals surface area contributed by atoms with Crippen LogP contribution in [0.3, 0.4) is 0 Å². The summed E-state index contributed by atoms with van der Waals surface area (Å²) in [4.78, 5) is 15.7. The van der Waals surface area contributed by atoms with Crippen LogP contribution in [-0.4, -0.2) is 42.9 Å². The maximum absolute atomic E-state index is 12.7. The van der Waals surface area contributed by atoms with Gasteiger partial charge in [-0.3, -0.25) is 4.79 Å². The number of amides is 1. The van der Waals surface area contributed by atoms with Crippen molar-refractivity contribution in [3.05, 3.63) is 53.5 Å². The average Bonchev–Trinajstić information content (AvgIpc) is 3.31. The van der Waals surface area contributed by atoms with Gasteiger partial charge in [0.2, 0.25) is 0 Å². The van der Waals surface area contributed by atoms with Crippen LogP contribution in [0, 0.1) is 6.92 Å². The second kappa shape index (κ2) is 7.47. The van der Waals surface area contributed by atoms with Gasteiger partial charge in [0, 0.05) is 30.8 Å². The first-order valence-electron chi connectivity index (χ1n) is 8.99. The number of carbonyl (C=O) groups excluding carboxylic acids is 1. The lowest BCUT2D eigenvalue weighted by atomic mass is 10.0. The van der Waals surface area contributed by atoms with E-state index in [1.54, 1.807) is 17.8 Å². The summed E-state index contributed by atoms with van der Waals surface area (Å²) in [6, 6.07) is 12.1. The molecule has 1 aromatic heterocycles. The van der Waals surface area contributed by atoms with Gasteiger partial charge in [0.05, 0.1) is 19.0 Å². The van der Waals surface area contributed by atoms with Crippen molar-refractivity contribution in [1.82, 2.24) is 4.90 Å². The molecule has 26 heavy (non-hydrogen) atoms. The average molecular weight is 373 g/mol. The van der Waals surface area contributed by atoms with Crippen molar-refractivity contribution >= 4 is 17.7 Å². The summed E-state index contributed by atoms with van der Waals surface area (Å²) in [5.41, 5.74) is 1.25. The molecule has 0 unspecified atom stereocenters. The van der Waals surface area contributed by atoms with Crippen molar-refractivity contribution in [2.45, 2.75) is 36.2 Å². The third-order valence-electron chi connectivity index (χ3n) is 4.90. The van der Waals surface area contributed by atoms with Crippen LogP contribution in [0.25, 0.3) is 0 Å². The number of likely N-dealkylation sites (tertiary alicyclic amines) is 1. The highest BCUT2D eigenvalue weighted by atomic mass is 32.2. The Morgan fingerprint density at radius 2 is 1.77 bits per heavy atom. The highest BCUT2D eigenvalue weighted by molar-refractivity contribution is 7.98. The van der Waals surface area contributed by atoms with Gasteiger partial charge in [0.1, 0.15) is 5.76 Å². The smallest absolute Gasteiger partial charge is 0.289 e. The molecule has 1 aromatic carbocycles. The van der Waals surface area contributed by atoms with Gasteiger partial charge in [-0.1, -0.05) is 17.7 Å². The van der Waals surface area contributed by atoms with Gasteiger partial charge in [-0.25, -0.2) is 0 Å². The lowest BCUT2D eigenvalue weighted by Gasteiger charge is -2.37. The largest absolute Gasteiger partial charge is 0.455 e.